The summed E-state index contributed by atoms with van der Waals surface area (Å²) in [6.45, 7) is 4.31. The fourth-order valence-electron chi connectivity index (χ4n) is 3.72. The molecule has 3 heteroatoms. The van der Waals surface area contributed by atoms with E-state index in [9.17, 15) is 10.4 Å². The van der Waals surface area contributed by atoms with E-state index in [-0.39, 0.29) is 6.04 Å². The van der Waals surface area contributed by atoms with Crippen molar-refractivity contribution >= 4 is 0 Å². The Morgan fingerprint density at radius 3 is 1.16 bits per heavy atom. The van der Waals surface area contributed by atoms with Crippen LogP contribution in [0.4, 0.5) is 0 Å². The lowest BCUT2D eigenvalue weighted by Gasteiger charge is -2.25. The molecule has 0 aliphatic carbocycles. The van der Waals surface area contributed by atoms with Crippen LogP contribution in [0, 0.1) is 0 Å². The molecule has 0 aliphatic heterocycles. The molecule has 0 aromatic heterocycles. The smallest absolute Gasteiger partial charge is 0.151 e. The standard InChI is InChI=1S/C22H48NO2/c1-4-6-7-8-9-10-11-12-13-14-15-16-17-18-19-20-21-22(5-2)23(3,24)25/h22,24-25H,4-21H2,1-3H3/q+1. The zero-order valence-corrected chi connectivity index (χ0v) is 17.6. The van der Waals surface area contributed by atoms with Crippen LogP contribution >= 0.6 is 0 Å². The summed E-state index contributed by atoms with van der Waals surface area (Å²) in [7, 11) is 1.46. The van der Waals surface area contributed by atoms with Crippen molar-refractivity contribution in [3.63, 3.8) is 0 Å². The van der Waals surface area contributed by atoms with E-state index in [1.807, 2.05) is 6.92 Å². The average Bonchev–Trinajstić information content (AvgIpc) is 2.56. The van der Waals surface area contributed by atoms with E-state index < -0.39 is 4.81 Å². The summed E-state index contributed by atoms with van der Waals surface area (Å²) in [6, 6.07) is -0.0355. The van der Waals surface area contributed by atoms with Gasteiger partial charge in [0.1, 0.15) is 7.05 Å². The van der Waals surface area contributed by atoms with E-state index in [4.69, 9.17) is 0 Å². The summed E-state index contributed by atoms with van der Waals surface area (Å²) >= 11 is 0. The number of quaternary nitrogens is 1. The lowest BCUT2D eigenvalue weighted by Crippen LogP contribution is -2.46. The maximum Gasteiger partial charge on any atom is 0.151 e. The van der Waals surface area contributed by atoms with Crippen LogP contribution in [0.2, 0.25) is 0 Å². The number of rotatable bonds is 19. The number of unbranched alkanes of at least 4 members (excludes halogenated alkanes) is 15. The van der Waals surface area contributed by atoms with Crippen molar-refractivity contribution in [2.45, 2.75) is 135 Å². The first-order chi connectivity index (χ1) is 12.0. The van der Waals surface area contributed by atoms with Gasteiger partial charge in [0.15, 0.2) is 6.04 Å². The minimum Gasteiger partial charge on any atom is -0.182 e. The topological polar surface area (TPSA) is 40.5 Å². The van der Waals surface area contributed by atoms with Crippen LogP contribution in [0.5, 0.6) is 0 Å². The molecular weight excluding hydrogens is 310 g/mol. The SMILES string of the molecule is CCCCCCCCCCCCCCCCCCC(CC)[N+](C)(O)O. The normalized spacial score (nSPS) is 13.3. The highest BCUT2D eigenvalue weighted by Crippen LogP contribution is 2.17. The monoisotopic (exact) mass is 358 g/mol. The molecule has 0 amide bonds. The fraction of sp³-hybridized carbons (Fsp3) is 1.00. The fourth-order valence-corrected chi connectivity index (χ4v) is 3.72. The molecule has 1 unspecified atom stereocenters. The molecule has 0 rings (SSSR count). The summed E-state index contributed by atoms with van der Waals surface area (Å²) in [5.74, 6) is 0. The van der Waals surface area contributed by atoms with E-state index in [1.54, 1.807) is 0 Å². The summed E-state index contributed by atoms with van der Waals surface area (Å²) in [6.07, 6.45) is 23.8. The molecule has 0 saturated heterocycles. The number of hydroxylamine groups is 4. The lowest BCUT2D eigenvalue weighted by molar-refractivity contribution is -1.25. The highest BCUT2D eigenvalue weighted by atomic mass is 16.8. The van der Waals surface area contributed by atoms with Gasteiger partial charge < -0.3 is 0 Å². The second-order valence-corrected chi connectivity index (χ2v) is 8.13. The molecule has 0 heterocycles. The molecule has 2 N–H and O–H groups in total. The predicted octanol–water partition coefficient (Wildman–Crippen LogP) is 7.64. The van der Waals surface area contributed by atoms with Crippen molar-refractivity contribution in [2.24, 2.45) is 0 Å². The molecule has 25 heavy (non-hydrogen) atoms. The molecular formula is C22H48NO2+. The summed E-state index contributed by atoms with van der Waals surface area (Å²) in [4.78, 5) is -0.866. The molecule has 3 nitrogen and oxygen atoms in total. The zero-order chi connectivity index (χ0) is 18.8. The van der Waals surface area contributed by atoms with Gasteiger partial charge in [0.05, 0.1) is 0 Å². The first-order valence-corrected chi connectivity index (χ1v) is 11.3. The predicted molar refractivity (Wildman–Crippen MR) is 108 cm³/mol. The van der Waals surface area contributed by atoms with E-state index in [1.165, 1.54) is 103 Å². The Balaban J connectivity index is 3.19. The molecule has 152 valence electrons. The third-order valence-electron chi connectivity index (χ3n) is 5.55. The summed E-state index contributed by atoms with van der Waals surface area (Å²) in [5.41, 5.74) is 0. The molecule has 0 fully saturated rings. The Hall–Kier alpha value is -0.120. The Kier molecular flexibility index (Phi) is 17.2. The minimum absolute atomic E-state index is 0.0355. The average molecular weight is 359 g/mol. The second-order valence-electron chi connectivity index (χ2n) is 8.13. The van der Waals surface area contributed by atoms with E-state index in [0.29, 0.717) is 0 Å². The van der Waals surface area contributed by atoms with Gasteiger partial charge in [-0.2, -0.15) is 10.4 Å². The zero-order valence-electron chi connectivity index (χ0n) is 17.6. The Morgan fingerprint density at radius 1 is 0.560 bits per heavy atom. The first kappa shape index (κ1) is 24.9. The maximum atomic E-state index is 9.60. The van der Waals surface area contributed by atoms with Gasteiger partial charge in [-0.05, 0) is 11.2 Å². The van der Waals surface area contributed by atoms with Gasteiger partial charge in [0.25, 0.3) is 0 Å². The molecule has 0 aromatic carbocycles. The van der Waals surface area contributed by atoms with Crippen molar-refractivity contribution in [2.75, 3.05) is 7.05 Å². The summed E-state index contributed by atoms with van der Waals surface area (Å²) < 4.78 is 0. The molecule has 0 saturated carbocycles. The Morgan fingerprint density at radius 2 is 0.880 bits per heavy atom. The van der Waals surface area contributed by atoms with Crippen molar-refractivity contribution in [1.82, 2.24) is 0 Å². The maximum absolute atomic E-state index is 9.60. The number of nitrogens with zero attached hydrogens (tertiary/aromatic N) is 1. The third kappa shape index (κ3) is 17.1. The molecule has 0 aromatic rings. The van der Waals surface area contributed by atoms with Gasteiger partial charge in [-0.25, -0.2) is 0 Å². The highest BCUT2D eigenvalue weighted by molar-refractivity contribution is 4.55. The molecule has 1 atom stereocenters. The van der Waals surface area contributed by atoms with E-state index in [0.717, 1.165) is 19.3 Å². The van der Waals surface area contributed by atoms with Crippen LogP contribution in [0.1, 0.15) is 129 Å². The number of hydrogen-bond acceptors (Lipinski definition) is 2. The third-order valence-corrected chi connectivity index (χ3v) is 5.55. The summed E-state index contributed by atoms with van der Waals surface area (Å²) in [5, 5.41) is 19.2. The minimum atomic E-state index is -0.866. The molecule has 0 aliphatic rings. The second kappa shape index (κ2) is 17.3. The van der Waals surface area contributed by atoms with Gasteiger partial charge in [-0.1, -0.05) is 110 Å². The van der Waals surface area contributed by atoms with Crippen molar-refractivity contribution in [3.05, 3.63) is 0 Å². The number of hydrogen-bond donors (Lipinski definition) is 2. The highest BCUT2D eigenvalue weighted by Gasteiger charge is 2.27. The van der Waals surface area contributed by atoms with Gasteiger partial charge in [-0.15, -0.1) is 0 Å². The van der Waals surface area contributed by atoms with Crippen molar-refractivity contribution in [3.8, 4) is 0 Å². The van der Waals surface area contributed by atoms with Crippen LogP contribution < -0.4 is 0 Å². The van der Waals surface area contributed by atoms with Crippen LogP contribution in [0.25, 0.3) is 0 Å². The largest absolute Gasteiger partial charge is 0.182 e. The molecule has 0 spiro atoms. The quantitative estimate of drug-likeness (QED) is 0.141. The van der Waals surface area contributed by atoms with Crippen LogP contribution in [-0.2, 0) is 0 Å². The van der Waals surface area contributed by atoms with Crippen LogP contribution in [-0.4, -0.2) is 28.3 Å². The Bertz CT molecular complexity index is 263. The van der Waals surface area contributed by atoms with Gasteiger partial charge >= 0.3 is 0 Å². The molecule has 0 bridgehead atoms. The van der Waals surface area contributed by atoms with Crippen LogP contribution in [0.15, 0.2) is 0 Å². The van der Waals surface area contributed by atoms with E-state index in [2.05, 4.69) is 6.92 Å². The van der Waals surface area contributed by atoms with Gasteiger partial charge in [0, 0.05) is 12.8 Å². The molecule has 0 radical (unpaired) electrons. The van der Waals surface area contributed by atoms with E-state index >= 15 is 0 Å². The van der Waals surface area contributed by atoms with Crippen molar-refractivity contribution < 1.29 is 15.2 Å². The van der Waals surface area contributed by atoms with Gasteiger partial charge in [0.2, 0.25) is 0 Å². The Labute approximate surface area is 158 Å². The van der Waals surface area contributed by atoms with Crippen molar-refractivity contribution in [1.29, 1.82) is 0 Å². The van der Waals surface area contributed by atoms with Gasteiger partial charge in [-0.3, -0.25) is 0 Å². The first-order valence-electron chi connectivity index (χ1n) is 11.3. The lowest BCUT2D eigenvalue weighted by atomic mass is 10.0. The van der Waals surface area contributed by atoms with Crippen LogP contribution in [0.3, 0.4) is 0 Å².